The van der Waals surface area contributed by atoms with Crippen molar-refractivity contribution in [2.24, 2.45) is 0 Å². The van der Waals surface area contributed by atoms with E-state index in [0.717, 1.165) is 12.1 Å². The molecule has 5 heteroatoms. The quantitative estimate of drug-likeness (QED) is 0.860. The van der Waals surface area contributed by atoms with E-state index in [4.69, 9.17) is 16.7 Å². The van der Waals surface area contributed by atoms with E-state index < -0.39 is 23.3 Å². The van der Waals surface area contributed by atoms with Gasteiger partial charge in [-0.1, -0.05) is 25.4 Å². The average Bonchev–Trinajstić information content (AvgIpc) is 2.14. The molecule has 1 rings (SSSR count). The lowest BCUT2D eigenvalue weighted by molar-refractivity contribution is -0.150. The highest BCUT2D eigenvalue weighted by Crippen LogP contribution is 2.30. The number of hydrogen-bond acceptors (Lipinski definition) is 2. The lowest BCUT2D eigenvalue weighted by atomic mass is 9.79. The molecule has 0 bridgehead atoms. The largest absolute Gasteiger partial charge is 0.479 e. The van der Waals surface area contributed by atoms with Crippen LogP contribution in [0.4, 0.5) is 4.39 Å². The molecule has 0 saturated carbocycles. The van der Waals surface area contributed by atoms with Crippen LogP contribution in [0.2, 0.25) is 5.02 Å². The van der Waals surface area contributed by atoms with Crippen LogP contribution in [-0.4, -0.2) is 22.3 Å². The highest BCUT2D eigenvalue weighted by molar-refractivity contribution is 6.30. The van der Waals surface area contributed by atoms with Gasteiger partial charge in [0, 0.05) is 10.4 Å². The van der Waals surface area contributed by atoms with Crippen molar-refractivity contribution in [3.8, 4) is 0 Å². The summed E-state index contributed by atoms with van der Waals surface area (Å²) in [5.41, 5.74) is -0.773. The van der Waals surface area contributed by atoms with Crippen molar-refractivity contribution in [2.75, 3.05) is 0 Å². The second kappa shape index (κ2) is 4.39. The molecular weight excluding hydrogens is 235 g/mol. The number of aliphatic carboxylic acids is 1. The van der Waals surface area contributed by atoms with Gasteiger partial charge in [-0.05, 0) is 23.8 Å². The number of carboxylic acid groups (broad SMARTS) is 1. The van der Waals surface area contributed by atoms with Crippen molar-refractivity contribution < 1.29 is 19.4 Å². The Balaban J connectivity index is 3.20. The summed E-state index contributed by atoms with van der Waals surface area (Å²) in [6.45, 7) is 3.02. The van der Waals surface area contributed by atoms with Gasteiger partial charge >= 0.3 is 5.97 Å². The zero-order valence-electron chi connectivity index (χ0n) is 8.87. The first-order valence-electron chi connectivity index (χ1n) is 4.62. The Kier molecular flexibility index (Phi) is 3.55. The molecule has 0 heterocycles. The monoisotopic (exact) mass is 246 g/mol. The van der Waals surface area contributed by atoms with Crippen LogP contribution in [0.5, 0.6) is 0 Å². The van der Waals surface area contributed by atoms with Crippen molar-refractivity contribution in [3.63, 3.8) is 0 Å². The molecule has 3 nitrogen and oxygen atoms in total. The van der Waals surface area contributed by atoms with E-state index in [1.54, 1.807) is 0 Å². The van der Waals surface area contributed by atoms with Gasteiger partial charge in [-0.3, -0.25) is 0 Å². The molecule has 0 radical (unpaired) electrons. The summed E-state index contributed by atoms with van der Waals surface area (Å²) >= 11 is 5.67. The van der Waals surface area contributed by atoms with Crippen LogP contribution >= 0.6 is 11.6 Å². The van der Waals surface area contributed by atoms with Gasteiger partial charge in [-0.15, -0.1) is 0 Å². The Morgan fingerprint density at radius 3 is 2.44 bits per heavy atom. The first-order valence-corrected chi connectivity index (χ1v) is 5.00. The van der Waals surface area contributed by atoms with Gasteiger partial charge in [0.05, 0.1) is 0 Å². The fourth-order valence-corrected chi connectivity index (χ4v) is 1.61. The van der Waals surface area contributed by atoms with E-state index >= 15 is 0 Å². The molecule has 2 N–H and O–H groups in total. The maximum absolute atomic E-state index is 13.1. The molecule has 1 atom stereocenters. The number of carbonyl (C=O) groups is 1. The zero-order chi connectivity index (χ0) is 12.5. The lowest BCUT2D eigenvalue weighted by Crippen LogP contribution is -2.39. The van der Waals surface area contributed by atoms with Gasteiger partial charge in [-0.2, -0.15) is 0 Å². The van der Waals surface area contributed by atoms with E-state index in [1.807, 2.05) is 0 Å². The first kappa shape index (κ1) is 12.9. The van der Waals surface area contributed by atoms with Crippen molar-refractivity contribution in [2.45, 2.75) is 25.4 Å². The number of aliphatic hydroxyl groups excluding tert-OH is 1. The van der Waals surface area contributed by atoms with Crippen LogP contribution in [0.25, 0.3) is 0 Å². The molecule has 1 unspecified atom stereocenters. The third-order valence-corrected chi connectivity index (χ3v) is 2.74. The van der Waals surface area contributed by atoms with Gasteiger partial charge in [0.15, 0.2) is 6.10 Å². The lowest BCUT2D eigenvalue weighted by Gasteiger charge is -2.28. The number of carboxylic acids is 1. The van der Waals surface area contributed by atoms with Crippen LogP contribution in [0.15, 0.2) is 18.2 Å². The number of hydrogen-bond donors (Lipinski definition) is 2. The summed E-state index contributed by atoms with van der Waals surface area (Å²) in [6, 6.07) is 3.73. The Bertz CT molecular complexity index is 397. The SMILES string of the molecule is CC(C)(c1cc(F)cc(Cl)c1)C(O)C(=O)O. The topological polar surface area (TPSA) is 57.5 Å². The minimum Gasteiger partial charge on any atom is -0.479 e. The van der Waals surface area contributed by atoms with Gasteiger partial charge in [-0.25, -0.2) is 9.18 Å². The fourth-order valence-electron chi connectivity index (χ4n) is 1.39. The van der Waals surface area contributed by atoms with Crippen molar-refractivity contribution >= 4 is 17.6 Å². The second-order valence-corrected chi connectivity index (χ2v) is 4.56. The van der Waals surface area contributed by atoms with Crippen LogP contribution in [0.3, 0.4) is 0 Å². The highest BCUT2D eigenvalue weighted by Gasteiger charge is 2.35. The van der Waals surface area contributed by atoms with Crippen LogP contribution < -0.4 is 0 Å². The molecule has 0 aliphatic carbocycles. The van der Waals surface area contributed by atoms with E-state index in [1.165, 1.54) is 19.9 Å². The number of benzene rings is 1. The Morgan fingerprint density at radius 2 is 2.00 bits per heavy atom. The number of rotatable bonds is 3. The van der Waals surface area contributed by atoms with Crippen LogP contribution in [0, 0.1) is 5.82 Å². The second-order valence-electron chi connectivity index (χ2n) is 4.12. The third-order valence-electron chi connectivity index (χ3n) is 2.52. The maximum Gasteiger partial charge on any atom is 0.333 e. The maximum atomic E-state index is 13.1. The summed E-state index contributed by atoms with van der Waals surface area (Å²) in [5, 5.41) is 18.4. The first-order chi connectivity index (χ1) is 7.25. The van der Waals surface area contributed by atoms with E-state index in [-0.39, 0.29) is 5.02 Å². The fraction of sp³-hybridized carbons (Fsp3) is 0.364. The number of aliphatic hydroxyl groups is 1. The molecule has 0 fully saturated rings. The standard InChI is InChI=1S/C11H12ClFO3/c1-11(2,9(14)10(15)16)6-3-7(12)5-8(13)4-6/h3-5,9,14H,1-2H3,(H,15,16). The van der Waals surface area contributed by atoms with Gasteiger partial charge in [0.2, 0.25) is 0 Å². The van der Waals surface area contributed by atoms with Crippen molar-refractivity contribution in [3.05, 3.63) is 34.6 Å². The Hall–Kier alpha value is -1.13. The molecule has 0 amide bonds. The summed E-state index contributed by atoms with van der Waals surface area (Å²) in [6.07, 6.45) is -1.62. The predicted octanol–water partition coefficient (Wildman–Crippen LogP) is 2.20. The normalized spacial score (nSPS) is 13.6. The smallest absolute Gasteiger partial charge is 0.333 e. The molecule has 16 heavy (non-hydrogen) atoms. The van der Waals surface area contributed by atoms with Crippen molar-refractivity contribution in [1.82, 2.24) is 0 Å². The third kappa shape index (κ3) is 2.51. The minimum absolute atomic E-state index is 0.167. The van der Waals surface area contributed by atoms with Gasteiger partial charge in [0.1, 0.15) is 5.82 Å². The van der Waals surface area contributed by atoms with E-state index in [9.17, 15) is 14.3 Å². The molecule has 88 valence electrons. The Labute approximate surface area is 97.5 Å². The molecule has 0 spiro atoms. The average molecular weight is 247 g/mol. The molecule has 1 aromatic rings. The van der Waals surface area contributed by atoms with Crippen LogP contribution in [0.1, 0.15) is 19.4 Å². The van der Waals surface area contributed by atoms with Crippen molar-refractivity contribution in [1.29, 1.82) is 0 Å². The Morgan fingerprint density at radius 1 is 1.44 bits per heavy atom. The zero-order valence-corrected chi connectivity index (χ0v) is 9.62. The summed E-state index contributed by atoms with van der Waals surface area (Å²) < 4.78 is 13.1. The minimum atomic E-state index is -1.62. The van der Waals surface area contributed by atoms with Gasteiger partial charge in [0.25, 0.3) is 0 Å². The van der Waals surface area contributed by atoms with Crippen LogP contribution in [-0.2, 0) is 10.2 Å². The number of halogens is 2. The van der Waals surface area contributed by atoms with Gasteiger partial charge < -0.3 is 10.2 Å². The molecule has 0 saturated heterocycles. The summed E-state index contributed by atoms with van der Waals surface area (Å²) in [7, 11) is 0. The molecule has 0 aliphatic rings. The summed E-state index contributed by atoms with van der Waals surface area (Å²) in [5.74, 6) is -1.92. The van der Waals surface area contributed by atoms with E-state index in [0.29, 0.717) is 5.56 Å². The molecule has 0 aromatic heterocycles. The molecular formula is C11H12ClFO3. The highest BCUT2D eigenvalue weighted by atomic mass is 35.5. The summed E-state index contributed by atoms with van der Waals surface area (Å²) in [4.78, 5) is 10.7. The molecule has 0 aliphatic heterocycles. The predicted molar refractivity (Wildman–Crippen MR) is 58.1 cm³/mol. The van der Waals surface area contributed by atoms with E-state index in [2.05, 4.69) is 0 Å². The molecule has 1 aromatic carbocycles.